The number of nitrogens with two attached hydrogens (primary N) is 1. The van der Waals surface area contributed by atoms with Gasteiger partial charge < -0.3 is 10.5 Å². The summed E-state index contributed by atoms with van der Waals surface area (Å²) in [4.78, 5) is 14.1. The summed E-state index contributed by atoms with van der Waals surface area (Å²) in [6.07, 6.45) is 5.41. The zero-order valence-electron chi connectivity index (χ0n) is 13.0. The minimum Gasteiger partial charge on any atom is -0.489 e. The predicted molar refractivity (Wildman–Crippen MR) is 82.5 cm³/mol. The third-order valence-electron chi connectivity index (χ3n) is 4.83. The second-order valence-electron chi connectivity index (χ2n) is 6.26. The van der Waals surface area contributed by atoms with Crippen LogP contribution in [0.25, 0.3) is 0 Å². The quantitative estimate of drug-likeness (QED) is 0.909. The Morgan fingerprint density at radius 2 is 2.18 bits per heavy atom. The maximum absolute atomic E-state index is 13.9. The summed E-state index contributed by atoms with van der Waals surface area (Å²) in [5, 5.41) is 0. The highest BCUT2D eigenvalue weighted by Crippen LogP contribution is 2.35. The van der Waals surface area contributed by atoms with Crippen LogP contribution in [-0.4, -0.2) is 36.0 Å². The van der Waals surface area contributed by atoms with Crippen LogP contribution in [0.5, 0.6) is 5.75 Å². The van der Waals surface area contributed by atoms with E-state index in [1.165, 1.54) is 31.4 Å². The standard InChI is InChI=1S/C17H23FN2O2/c1-2-8-20(11-4-3-5-11)12-9-14-13(17(19)21)6-7-15(18)16(14)22-10-12/h6-7,11-12H,2-5,8-10H2,1H3,(H2,19,21). The van der Waals surface area contributed by atoms with E-state index in [1.807, 2.05) is 0 Å². The van der Waals surface area contributed by atoms with Gasteiger partial charge in [0.1, 0.15) is 6.61 Å². The van der Waals surface area contributed by atoms with Gasteiger partial charge in [-0.3, -0.25) is 9.69 Å². The molecule has 22 heavy (non-hydrogen) atoms. The number of fused-ring (bicyclic) bond motifs is 1. The summed E-state index contributed by atoms with van der Waals surface area (Å²) in [6, 6.07) is 3.52. The molecule has 0 spiro atoms. The minimum atomic E-state index is -0.522. The van der Waals surface area contributed by atoms with Crippen molar-refractivity contribution in [2.24, 2.45) is 5.73 Å². The van der Waals surface area contributed by atoms with Gasteiger partial charge in [0.25, 0.3) is 0 Å². The number of carbonyl (C=O) groups excluding carboxylic acids is 1. The number of hydrogen-bond donors (Lipinski definition) is 1. The van der Waals surface area contributed by atoms with Crippen LogP contribution in [0.1, 0.15) is 48.5 Å². The molecule has 5 heteroatoms. The number of halogens is 1. The lowest BCUT2D eigenvalue weighted by Crippen LogP contribution is -2.51. The lowest BCUT2D eigenvalue weighted by atomic mass is 9.88. The van der Waals surface area contributed by atoms with Gasteiger partial charge in [-0.05, 0) is 44.4 Å². The molecule has 120 valence electrons. The lowest BCUT2D eigenvalue weighted by molar-refractivity contribution is 0.0431. The van der Waals surface area contributed by atoms with E-state index in [1.54, 1.807) is 0 Å². The molecule has 0 bridgehead atoms. The third-order valence-corrected chi connectivity index (χ3v) is 4.83. The Labute approximate surface area is 130 Å². The zero-order chi connectivity index (χ0) is 15.7. The molecule has 4 nitrogen and oxygen atoms in total. The molecular formula is C17H23FN2O2. The normalized spacial score (nSPS) is 21.1. The molecule has 1 atom stereocenters. The molecule has 1 fully saturated rings. The number of benzene rings is 1. The summed E-state index contributed by atoms with van der Waals surface area (Å²) in [6.45, 7) is 3.65. The minimum absolute atomic E-state index is 0.192. The Kier molecular flexibility index (Phi) is 4.34. The fourth-order valence-electron chi connectivity index (χ4n) is 3.52. The molecule has 1 aliphatic carbocycles. The first-order chi connectivity index (χ1) is 10.6. The molecular weight excluding hydrogens is 283 g/mol. The van der Waals surface area contributed by atoms with Gasteiger partial charge in [-0.2, -0.15) is 0 Å². The van der Waals surface area contributed by atoms with Crippen LogP contribution >= 0.6 is 0 Å². The number of carbonyl (C=O) groups is 1. The largest absolute Gasteiger partial charge is 0.489 e. The Hall–Kier alpha value is -1.62. The van der Waals surface area contributed by atoms with Gasteiger partial charge in [0.2, 0.25) is 5.91 Å². The van der Waals surface area contributed by atoms with Gasteiger partial charge in [-0.1, -0.05) is 13.3 Å². The van der Waals surface area contributed by atoms with Crippen molar-refractivity contribution >= 4 is 5.91 Å². The highest BCUT2D eigenvalue weighted by Gasteiger charge is 2.35. The van der Waals surface area contributed by atoms with E-state index in [9.17, 15) is 9.18 Å². The molecule has 1 unspecified atom stereocenters. The van der Waals surface area contributed by atoms with Crippen molar-refractivity contribution in [3.8, 4) is 5.75 Å². The molecule has 0 aromatic heterocycles. The van der Waals surface area contributed by atoms with Gasteiger partial charge in [-0.25, -0.2) is 4.39 Å². The van der Waals surface area contributed by atoms with E-state index in [-0.39, 0.29) is 11.8 Å². The van der Waals surface area contributed by atoms with Crippen LogP contribution in [0.3, 0.4) is 0 Å². The first-order valence-corrected chi connectivity index (χ1v) is 8.11. The Bertz CT molecular complexity index is 572. The first kappa shape index (κ1) is 15.3. The topological polar surface area (TPSA) is 55.6 Å². The van der Waals surface area contributed by atoms with Gasteiger partial charge in [0, 0.05) is 23.2 Å². The maximum atomic E-state index is 13.9. The highest BCUT2D eigenvalue weighted by atomic mass is 19.1. The molecule has 1 saturated carbocycles. The molecule has 1 aromatic rings. The average molecular weight is 306 g/mol. The number of primary amides is 1. The Morgan fingerprint density at radius 3 is 2.77 bits per heavy atom. The van der Waals surface area contributed by atoms with E-state index >= 15 is 0 Å². The first-order valence-electron chi connectivity index (χ1n) is 8.11. The summed E-state index contributed by atoms with van der Waals surface area (Å²) < 4.78 is 19.6. The molecule has 2 N–H and O–H groups in total. The Morgan fingerprint density at radius 1 is 1.41 bits per heavy atom. The molecule has 1 amide bonds. The second kappa shape index (κ2) is 6.24. The molecule has 3 rings (SSSR count). The SMILES string of the molecule is CCCN(C1CCC1)C1COc2c(F)ccc(C(N)=O)c2C1. The van der Waals surface area contributed by atoms with Crippen molar-refractivity contribution < 1.29 is 13.9 Å². The molecule has 0 radical (unpaired) electrons. The van der Waals surface area contributed by atoms with Gasteiger partial charge >= 0.3 is 0 Å². The van der Waals surface area contributed by atoms with Crippen molar-refractivity contribution in [2.45, 2.75) is 51.1 Å². The Balaban J connectivity index is 1.88. The van der Waals surface area contributed by atoms with Crippen molar-refractivity contribution in [3.63, 3.8) is 0 Å². The molecule has 1 heterocycles. The fraction of sp³-hybridized carbons (Fsp3) is 0.588. The van der Waals surface area contributed by atoms with Crippen LogP contribution in [0, 0.1) is 5.82 Å². The fourth-order valence-corrected chi connectivity index (χ4v) is 3.52. The molecule has 2 aliphatic rings. The van der Waals surface area contributed by atoms with Crippen LogP contribution in [0.15, 0.2) is 12.1 Å². The van der Waals surface area contributed by atoms with E-state index in [4.69, 9.17) is 10.5 Å². The van der Waals surface area contributed by atoms with Crippen molar-refractivity contribution in [3.05, 3.63) is 29.1 Å². The predicted octanol–water partition coefficient (Wildman–Crippen LogP) is 2.49. The van der Waals surface area contributed by atoms with E-state index < -0.39 is 11.7 Å². The van der Waals surface area contributed by atoms with Crippen LogP contribution < -0.4 is 10.5 Å². The highest BCUT2D eigenvalue weighted by molar-refractivity contribution is 5.95. The summed E-state index contributed by atoms with van der Waals surface area (Å²) in [5.41, 5.74) is 6.44. The van der Waals surface area contributed by atoms with Crippen molar-refractivity contribution in [1.82, 2.24) is 4.90 Å². The van der Waals surface area contributed by atoms with E-state index in [0.29, 0.717) is 30.2 Å². The molecule has 0 saturated heterocycles. The smallest absolute Gasteiger partial charge is 0.249 e. The summed E-state index contributed by atoms with van der Waals surface area (Å²) >= 11 is 0. The summed E-state index contributed by atoms with van der Waals surface area (Å²) in [7, 11) is 0. The van der Waals surface area contributed by atoms with Crippen LogP contribution in [-0.2, 0) is 6.42 Å². The van der Waals surface area contributed by atoms with E-state index in [0.717, 1.165) is 13.0 Å². The van der Waals surface area contributed by atoms with Crippen molar-refractivity contribution in [2.75, 3.05) is 13.2 Å². The number of hydrogen-bond acceptors (Lipinski definition) is 3. The maximum Gasteiger partial charge on any atom is 0.249 e. The van der Waals surface area contributed by atoms with Gasteiger partial charge in [-0.15, -0.1) is 0 Å². The van der Waals surface area contributed by atoms with Crippen molar-refractivity contribution in [1.29, 1.82) is 0 Å². The average Bonchev–Trinajstić information content (AvgIpc) is 2.44. The number of rotatable bonds is 5. The lowest BCUT2D eigenvalue weighted by Gasteiger charge is -2.44. The molecule has 1 aliphatic heterocycles. The second-order valence-corrected chi connectivity index (χ2v) is 6.26. The number of nitrogens with zero attached hydrogens (tertiary/aromatic N) is 1. The molecule has 1 aromatic carbocycles. The van der Waals surface area contributed by atoms with Gasteiger partial charge in [0.05, 0.1) is 0 Å². The number of ether oxygens (including phenoxy) is 1. The zero-order valence-corrected chi connectivity index (χ0v) is 13.0. The summed E-state index contributed by atoms with van der Waals surface area (Å²) in [5.74, 6) is -0.729. The van der Waals surface area contributed by atoms with E-state index in [2.05, 4.69) is 11.8 Å². The van der Waals surface area contributed by atoms with Gasteiger partial charge in [0.15, 0.2) is 11.6 Å². The monoisotopic (exact) mass is 306 g/mol. The number of amides is 1. The van der Waals surface area contributed by atoms with Crippen LogP contribution in [0.2, 0.25) is 0 Å². The van der Waals surface area contributed by atoms with Crippen LogP contribution in [0.4, 0.5) is 4.39 Å². The third kappa shape index (κ3) is 2.70.